The number of hydrogen-bond donors (Lipinski definition) is 2. The van der Waals surface area contributed by atoms with Crippen molar-refractivity contribution < 1.29 is 27.4 Å². The zero-order valence-electron chi connectivity index (χ0n) is 21.3. The van der Waals surface area contributed by atoms with E-state index in [1.54, 1.807) is 36.4 Å². The van der Waals surface area contributed by atoms with Gasteiger partial charge < -0.3 is 20.9 Å². The molecule has 0 saturated carbocycles. The molecule has 4 N–H and O–H groups in total. The van der Waals surface area contributed by atoms with Crippen LogP contribution in [0.4, 0.5) is 24.9 Å². The lowest BCUT2D eigenvalue weighted by atomic mass is 9.95. The summed E-state index contributed by atoms with van der Waals surface area (Å²) in [5.74, 6) is 0.480. The molecule has 39 heavy (non-hydrogen) atoms. The maximum Gasteiger partial charge on any atom is 0.389 e. The molecule has 0 saturated heterocycles. The fourth-order valence-corrected chi connectivity index (χ4v) is 4.36. The number of halogens is 3. The summed E-state index contributed by atoms with van der Waals surface area (Å²) in [5, 5.41) is 5.25. The van der Waals surface area contributed by atoms with Gasteiger partial charge in [-0.1, -0.05) is 24.3 Å². The summed E-state index contributed by atoms with van der Waals surface area (Å²) >= 11 is 0. The summed E-state index contributed by atoms with van der Waals surface area (Å²) in [6.45, 7) is 0. The maximum absolute atomic E-state index is 13.2. The van der Waals surface area contributed by atoms with E-state index in [0.717, 1.165) is 10.6 Å². The molecule has 204 valence electrons. The average Bonchev–Trinajstić information content (AvgIpc) is 2.90. The largest absolute Gasteiger partial charge is 0.493 e. The van der Waals surface area contributed by atoms with E-state index in [0.29, 0.717) is 40.2 Å². The number of hydrazone groups is 1. The van der Waals surface area contributed by atoms with E-state index in [-0.39, 0.29) is 18.2 Å². The predicted octanol–water partition coefficient (Wildman–Crippen LogP) is 4.52. The molecule has 0 aliphatic carbocycles. The number of methoxy groups -OCH3 is 2. The van der Waals surface area contributed by atoms with Gasteiger partial charge in [0.2, 0.25) is 5.95 Å². The van der Waals surface area contributed by atoms with Crippen molar-refractivity contribution in [2.75, 3.05) is 25.7 Å². The van der Waals surface area contributed by atoms with Crippen LogP contribution in [0.1, 0.15) is 46.7 Å². The molecular weight excluding hydrogens is 513 g/mol. The van der Waals surface area contributed by atoms with E-state index in [1.807, 2.05) is 0 Å². The topological polar surface area (TPSA) is 129 Å². The van der Waals surface area contributed by atoms with Crippen LogP contribution in [0, 0.1) is 0 Å². The van der Waals surface area contributed by atoms with Crippen LogP contribution in [0.3, 0.4) is 0 Å². The number of alkyl halides is 3. The number of fused-ring (bicyclic) bond motifs is 1. The number of benzene rings is 2. The number of aromatic nitrogens is 2. The van der Waals surface area contributed by atoms with Gasteiger partial charge in [-0.2, -0.15) is 23.3 Å². The lowest BCUT2D eigenvalue weighted by Gasteiger charge is -2.31. The Morgan fingerprint density at radius 2 is 1.92 bits per heavy atom. The van der Waals surface area contributed by atoms with E-state index in [4.69, 9.17) is 20.9 Å². The molecular formula is C27H27F3N6O3. The van der Waals surface area contributed by atoms with Crippen LogP contribution in [-0.2, 0) is 11.2 Å². The Morgan fingerprint density at radius 3 is 2.62 bits per heavy atom. The van der Waals surface area contributed by atoms with Gasteiger partial charge in [-0.05, 0) is 41.3 Å². The van der Waals surface area contributed by atoms with Gasteiger partial charge in [0, 0.05) is 36.2 Å². The molecule has 0 fully saturated rings. The van der Waals surface area contributed by atoms with Crippen LogP contribution in [-0.4, -0.2) is 47.5 Å². The molecule has 2 heterocycles. The van der Waals surface area contributed by atoms with Crippen LogP contribution < -0.4 is 20.9 Å². The minimum absolute atomic E-state index is 0.0576. The third-order valence-corrected chi connectivity index (χ3v) is 6.18. The standard InChI is InChI=1S/C27H27F3N6O3/c1-38-22-13-16(12-19-14-33-26(32)35-25(19)31)11-17(24(22)39-2)7-8-23(37)36-21(9-10-27(28,29)30)20-6-4-3-5-18(20)15-34-36/h3-8,11,13-15,21H,9-10,12H2,1-2H3,(H4,31,32,33,35)/b8-7+/t21-/m0/s1. The van der Waals surface area contributed by atoms with E-state index in [9.17, 15) is 18.0 Å². The first-order valence-corrected chi connectivity index (χ1v) is 11.9. The zero-order chi connectivity index (χ0) is 28.2. The minimum Gasteiger partial charge on any atom is -0.493 e. The van der Waals surface area contributed by atoms with E-state index in [1.165, 1.54) is 38.8 Å². The van der Waals surface area contributed by atoms with E-state index >= 15 is 0 Å². The molecule has 1 aliphatic rings. The Bertz CT molecular complexity index is 1420. The summed E-state index contributed by atoms with van der Waals surface area (Å²) in [4.78, 5) is 21.2. The van der Waals surface area contributed by atoms with Crippen molar-refractivity contribution in [2.24, 2.45) is 5.10 Å². The van der Waals surface area contributed by atoms with E-state index in [2.05, 4.69) is 15.1 Å². The first-order chi connectivity index (χ1) is 18.6. The van der Waals surface area contributed by atoms with Crippen LogP contribution >= 0.6 is 0 Å². The fourth-order valence-electron chi connectivity index (χ4n) is 4.36. The second kappa shape index (κ2) is 11.4. The van der Waals surface area contributed by atoms with Crippen LogP contribution in [0.15, 0.2) is 53.8 Å². The van der Waals surface area contributed by atoms with Crippen molar-refractivity contribution in [1.82, 2.24) is 15.0 Å². The molecule has 0 bridgehead atoms. The monoisotopic (exact) mass is 540 g/mol. The molecule has 1 aromatic heterocycles. The van der Waals surface area contributed by atoms with Crippen molar-refractivity contribution in [3.63, 3.8) is 0 Å². The minimum atomic E-state index is -4.37. The Balaban J connectivity index is 1.64. The first kappa shape index (κ1) is 27.4. The first-order valence-electron chi connectivity index (χ1n) is 11.9. The number of hydrogen-bond acceptors (Lipinski definition) is 8. The highest BCUT2D eigenvalue weighted by atomic mass is 19.4. The van der Waals surface area contributed by atoms with Gasteiger partial charge in [0.1, 0.15) is 5.82 Å². The molecule has 9 nitrogen and oxygen atoms in total. The highest BCUT2D eigenvalue weighted by molar-refractivity contribution is 5.95. The average molecular weight is 541 g/mol. The Kier molecular flexibility index (Phi) is 8.03. The van der Waals surface area contributed by atoms with Crippen molar-refractivity contribution >= 4 is 30.0 Å². The quantitative estimate of drug-likeness (QED) is 0.402. The summed E-state index contributed by atoms with van der Waals surface area (Å²) in [7, 11) is 2.94. The number of nitrogen functional groups attached to an aromatic ring is 2. The van der Waals surface area contributed by atoms with Gasteiger partial charge in [0.05, 0.1) is 26.5 Å². The second-order valence-corrected chi connectivity index (χ2v) is 8.80. The summed E-state index contributed by atoms with van der Waals surface area (Å²) < 4.78 is 50.2. The fraction of sp³-hybridized carbons (Fsp3) is 0.259. The highest BCUT2D eigenvalue weighted by Gasteiger charge is 2.34. The number of amides is 1. The van der Waals surface area contributed by atoms with E-state index < -0.39 is 24.5 Å². The molecule has 0 unspecified atom stereocenters. The van der Waals surface area contributed by atoms with Gasteiger partial charge in [0.25, 0.3) is 5.91 Å². The SMILES string of the molecule is COc1cc(Cc2cnc(N)nc2N)cc(/C=C/C(=O)N2N=Cc3ccccc3[C@@H]2CCC(F)(F)F)c1OC. The summed E-state index contributed by atoms with van der Waals surface area (Å²) in [6.07, 6.45) is 0.336. The molecule has 0 radical (unpaired) electrons. The molecule has 1 amide bonds. The van der Waals surface area contributed by atoms with Crippen molar-refractivity contribution in [3.8, 4) is 11.5 Å². The van der Waals surface area contributed by atoms with Gasteiger partial charge in [-0.3, -0.25) is 4.79 Å². The maximum atomic E-state index is 13.2. The van der Waals surface area contributed by atoms with Crippen LogP contribution in [0.25, 0.3) is 6.08 Å². The number of nitrogens with zero attached hydrogens (tertiary/aromatic N) is 4. The summed E-state index contributed by atoms with van der Waals surface area (Å²) in [6, 6.07) is 9.59. The van der Waals surface area contributed by atoms with Gasteiger partial charge in [-0.25, -0.2) is 9.99 Å². The Morgan fingerprint density at radius 1 is 1.15 bits per heavy atom. The number of nitrogens with two attached hydrogens (primary N) is 2. The molecule has 12 heteroatoms. The van der Waals surface area contributed by atoms with Gasteiger partial charge in [-0.15, -0.1) is 0 Å². The normalized spacial score (nSPS) is 14.9. The molecule has 2 aromatic carbocycles. The highest BCUT2D eigenvalue weighted by Crippen LogP contribution is 2.37. The van der Waals surface area contributed by atoms with Crippen molar-refractivity contribution in [2.45, 2.75) is 31.5 Å². The van der Waals surface area contributed by atoms with Gasteiger partial charge in [0.15, 0.2) is 11.5 Å². The number of carbonyl (C=O) groups excluding carboxylic acids is 1. The van der Waals surface area contributed by atoms with Crippen LogP contribution in [0.2, 0.25) is 0 Å². The summed E-state index contributed by atoms with van der Waals surface area (Å²) in [5.41, 5.74) is 14.7. The van der Waals surface area contributed by atoms with Crippen LogP contribution in [0.5, 0.6) is 11.5 Å². The van der Waals surface area contributed by atoms with Gasteiger partial charge >= 0.3 is 6.18 Å². The third-order valence-electron chi connectivity index (χ3n) is 6.18. The smallest absolute Gasteiger partial charge is 0.389 e. The molecule has 4 rings (SSSR count). The van der Waals surface area contributed by atoms with Crippen molar-refractivity contribution in [3.05, 3.63) is 76.5 Å². The predicted molar refractivity (Wildman–Crippen MR) is 141 cm³/mol. The third kappa shape index (κ3) is 6.46. The molecule has 0 spiro atoms. The molecule has 3 aromatic rings. The Hall–Kier alpha value is -4.61. The zero-order valence-corrected chi connectivity index (χ0v) is 21.3. The second-order valence-electron chi connectivity index (χ2n) is 8.80. The molecule has 1 atom stereocenters. The number of ether oxygens (including phenoxy) is 2. The number of carbonyl (C=O) groups is 1. The lowest BCUT2D eigenvalue weighted by molar-refractivity contribution is -0.142. The lowest BCUT2D eigenvalue weighted by Crippen LogP contribution is -2.33. The molecule has 1 aliphatic heterocycles. The Labute approximate surface area is 222 Å². The van der Waals surface area contributed by atoms with Crippen molar-refractivity contribution in [1.29, 1.82) is 0 Å². The number of anilines is 2. The number of rotatable bonds is 8.